The number of aromatic nitrogens is 1. The number of likely N-dealkylation sites (tertiary alicyclic amines) is 1. The van der Waals surface area contributed by atoms with Crippen LogP contribution in [0, 0.1) is 6.92 Å². The first-order valence-electron chi connectivity index (χ1n) is 7.87. The summed E-state index contributed by atoms with van der Waals surface area (Å²) < 4.78 is 4.09. The van der Waals surface area contributed by atoms with Crippen LogP contribution in [-0.4, -0.2) is 65.9 Å². The second-order valence-electron chi connectivity index (χ2n) is 5.98. The van der Waals surface area contributed by atoms with Crippen LogP contribution in [0.15, 0.2) is 5.38 Å². The molecule has 0 bridgehead atoms. The minimum atomic E-state index is -0.303. The molecule has 3 amide bonds. The summed E-state index contributed by atoms with van der Waals surface area (Å²) in [5.41, 5.74) is 1.51. The van der Waals surface area contributed by atoms with Gasteiger partial charge in [-0.05, 0) is 51.4 Å². The highest BCUT2D eigenvalue weighted by atomic mass is 32.1. The van der Waals surface area contributed by atoms with E-state index in [-0.39, 0.29) is 11.9 Å². The Bertz CT molecular complexity index is 540. The standard InChI is InChI=1S/C15H25N5O2S/c1-11-13(10-23-18-11)17-15(22)16-7-4-14(21)20(3)12-5-8-19(2)9-6-12/h10,12H,4-9H2,1-3H3,(H2,16,17,22). The molecule has 23 heavy (non-hydrogen) atoms. The summed E-state index contributed by atoms with van der Waals surface area (Å²) in [5.74, 6) is 0.0771. The molecule has 1 saturated heterocycles. The monoisotopic (exact) mass is 339 g/mol. The van der Waals surface area contributed by atoms with Crippen LogP contribution in [0.25, 0.3) is 0 Å². The molecule has 2 rings (SSSR count). The Labute approximate surface area is 141 Å². The second kappa shape index (κ2) is 8.26. The Morgan fingerprint density at radius 2 is 2.13 bits per heavy atom. The minimum absolute atomic E-state index is 0.0771. The maximum Gasteiger partial charge on any atom is 0.319 e. The molecule has 8 heteroatoms. The first kappa shape index (κ1) is 17.7. The van der Waals surface area contributed by atoms with E-state index in [0.29, 0.717) is 24.7 Å². The van der Waals surface area contributed by atoms with Gasteiger partial charge in [-0.1, -0.05) is 0 Å². The van der Waals surface area contributed by atoms with Crippen molar-refractivity contribution in [2.45, 2.75) is 32.2 Å². The van der Waals surface area contributed by atoms with E-state index in [1.807, 2.05) is 18.9 Å². The number of carbonyl (C=O) groups is 2. The number of carbonyl (C=O) groups excluding carboxylic acids is 2. The van der Waals surface area contributed by atoms with E-state index in [1.165, 1.54) is 11.5 Å². The van der Waals surface area contributed by atoms with Crippen molar-refractivity contribution in [2.75, 3.05) is 39.0 Å². The number of nitrogens with zero attached hydrogens (tertiary/aromatic N) is 3. The third kappa shape index (κ3) is 5.18. The molecular weight excluding hydrogens is 314 g/mol. The molecule has 1 aromatic heterocycles. The normalized spacial score (nSPS) is 16.1. The summed E-state index contributed by atoms with van der Waals surface area (Å²) in [4.78, 5) is 28.1. The van der Waals surface area contributed by atoms with Gasteiger partial charge in [0.1, 0.15) is 0 Å². The topological polar surface area (TPSA) is 77.6 Å². The molecule has 0 atom stereocenters. The second-order valence-corrected chi connectivity index (χ2v) is 6.61. The van der Waals surface area contributed by atoms with Crippen molar-refractivity contribution in [1.82, 2.24) is 19.5 Å². The summed E-state index contributed by atoms with van der Waals surface area (Å²) in [6.45, 7) is 4.22. The summed E-state index contributed by atoms with van der Waals surface area (Å²) in [7, 11) is 3.96. The predicted molar refractivity (Wildman–Crippen MR) is 91.8 cm³/mol. The fourth-order valence-electron chi connectivity index (χ4n) is 2.62. The zero-order valence-electron chi connectivity index (χ0n) is 14.0. The first-order valence-corrected chi connectivity index (χ1v) is 8.71. The van der Waals surface area contributed by atoms with Gasteiger partial charge in [-0.3, -0.25) is 4.79 Å². The molecule has 2 N–H and O–H groups in total. The number of urea groups is 1. The van der Waals surface area contributed by atoms with Crippen LogP contribution >= 0.6 is 11.5 Å². The Balaban J connectivity index is 1.68. The van der Waals surface area contributed by atoms with Crippen LogP contribution in [-0.2, 0) is 4.79 Å². The quantitative estimate of drug-likeness (QED) is 0.852. The van der Waals surface area contributed by atoms with Gasteiger partial charge in [-0.2, -0.15) is 4.37 Å². The average Bonchev–Trinajstić information content (AvgIpc) is 2.92. The lowest BCUT2D eigenvalue weighted by Gasteiger charge is -2.35. The molecule has 1 aliphatic rings. The van der Waals surface area contributed by atoms with Gasteiger partial charge in [-0.25, -0.2) is 4.79 Å². The van der Waals surface area contributed by atoms with Crippen molar-refractivity contribution in [3.63, 3.8) is 0 Å². The number of aryl methyl sites for hydroxylation is 1. The van der Waals surface area contributed by atoms with Crippen LogP contribution in [0.1, 0.15) is 25.0 Å². The van der Waals surface area contributed by atoms with E-state index in [1.54, 1.807) is 5.38 Å². The molecule has 2 heterocycles. The van der Waals surface area contributed by atoms with Gasteiger partial charge >= 0.3 is 6.03 Å². The Morgan fingerprint density at radius 3 is 2.74 bits per heavy atom. The van der Waals surface area contributed by atoms with Crippen molar-refractivity contribution < 1.29 is 9.59 Å². The van der Waals surface area contributed by atoms with E-state index in [2.05, 4.69) is 27.0 Å². The molecule has 1 aliphatic heterocycles. The number of amides is 3. The fourth-order valence-corrected chi connectivity index (χ4v) is 3.27. The Kier molecular flexibility index (Phi) is 6.35. The van der Waals surface area contributed by atoms with Crippen molar-refractivity contribution in [1.29, 1.82) is 0 Å². The van der Waals surface area contributed by atoms with Crippen molar-refractivity contribution >= 4 is 29.2 Å². The third-order valence-corrected chi connectivity index (χ3v) is 4.97. The van der Waals surface area contributed by atoms with E-state index in [9.17, 15) is 9.59 Å². The highest BCUT2D eigenvalue weighted by molar-refractivity contribution is 7.04. The summed E-state index contributed by atoms with van der Waals surface area (Å²) >= 11 is 1.30. The molecule has 0 saturated carbocycles. The lowest BCUT2D eigenvalue weighted by atomic mass is 10.0. The minimum Gasteiger partial charge on any atom is -0.343 e. The third-order valence-electron chi connectivity index (χ3n) is 4.25. The average molecular weight is 339 g/mol. The molecule has 1 fully saturated rings. The van der Waals surface area contributed by atoms with Crippen molar-refractivity contribution in [3.8, 4) is 0 Å². The maximum absolute atomic E-state index is 12.2. The van der Waals surface area contributed by atoms with Gasteiger partial charge in [0.05, 0.1) is 11.4 Å². The van der Waals surface area contributed by atoms with Gasteiger partial charge in [0.2, 0.25) is 5.91 Å². The van der Waals surface area contributed by atoms with Gasteiger partial charge < -0.3 is 20.4 Å². The molecule has 128 valence electrons. The summed E-state index contributed by atoms with van der Waals surface area (Å²) in [5, 5.41) is 7.23. The number of rotatable bonds is 5. The lowest BCUT2D eigenvalue weighted by Crippen LogP contribution is -2.45. The molecule has 0 radical (unpaired) electrons. The van der Waals surface area contributed by atoms with Crippen molar-refractivity contribution in [2.24, 2.45) is 0 Å². The predicted octanol–water partition coefficient (Wildman–Crippen LogP) is 1.52. The van der Waals surface area contributed by atoms with Gasteiger partial charge in [-0.15, -0.1) is 0 Å². The van der Waals surface area contributed by atoms with Crippen LogP contribution in [0.4, 0.5) is 10.5 Å². The number of nitrogens with one attached hydrogen (secondary N) is 2. The van der Waals surface area contributed by atoms with E-state index in [0.717, 1.165) is 31.6 Å². The molecule has 0 aliphatic carbocycles. The van der Waals surface area contributed by atoms with Gasteiger partial charge in [0, 0.05) is 31.4 Å². The number of hydrogen-bond acceptors (Lipinski definition) is 5. The van der Waals surface area contributed by atoms with E-state index >= 15 is 0 Å². The van der Waals surface area contributed by atoms with Crippen LogP contribution in [0.3, 0.4) is 0 Å². The van der Waals surface area contributed by atoms with Crippen LogP contribution in [0.2, 0.25) is 0 Å². The Hall–Kier alpha value is -1.67. The summed E-state index contributed by atoms with van der Waals surface area (Å²) in [6, 6.07) is 0.00935. The zero-order chi connectivity index (χ0) is 16.8. The molecule has 1 aromatic rings. The number of hydrogen-bond donors (Lipinski definition) is 2. The SMILES string of the molecule is Cc1nscc1NC(=O)NCCC(=O)N(C)C1CCN(C)CC1. The zero-order valence-corrected chi connectivity index (χ0v) is 14.8. The molecule has 0 aromatic carbocycles. The van der Waals surface area contributed by atoms with Crippen molar-refractivity contribution in [3.05, 3.63) is 11.1 Å². The molecule has 0 unspecified atom stereocenters. The van der Waals surface area contributed by atoms with Gasteiger partial charge in [0.15, 0.2) is 0 Å². The van der Waals surface area contributed by atoms with Gasteiger partial charge in [0.25, 0.3) is 0 Å². The maximum atomic E-state index is 12.2. The molecule has 0 spiro atoms. The van der Waals surface area contributed by atoms with E-state index in [4.69, 9.17) is 0 Å². The first-order chi connectivity index (χ1) is 11.0. The van der Waals surface area contributed by atoms with Crippen LogP contribution < -0.4 is 10.6 Å². The largest absolute Gasteiger partial charge is 0.343 e. The molecule has 7 nitrogen and oxygen atoms in total. The Morgan fingerprint density at radius 1 is 1.43 bits per heavy atom. The number of anilines is 1. The lowest BCUT2D eigenvalue weighted by molar-refractivity contribution is -0.132. The molecular formula is C15H25N5O2S. The smallest absolute Gasteiger partial charge is 0.319 e. The van der Waals surface area contributed by atoms with E-state index < -0.39 is 0 Å². The fraction of sp³-hybridized carbons (Fsp3) is 0.667. The van der Waals surface area contributed by atoms with Crippen LogP contribution in [0.5, 0.6) is 0 Å². The highest BCUT2D eigenvalue weighted by Crippen LogP contribution is 2.15. The number of piperidine rings is 1. The highest BCUT2D eigenvalue weighted by Gasteiger charge is 2.23. The summed E-state index contributed by atoms with van der Waals surface area (Å²) in [6.07, 6.45) is 2.34.